The van der Waals surface area contributed by atoms with E-state index in [2.05, 4.69) is 50.3 Å². The van der Waals surface area contributed by atoms with Gasteiger partial charge in [0.1, 0.15) is 5.82 Å². The lowest BCUT2D eigenvalue weighted by Gasteiger charge is -2.39. The van der Waals surface area contributed by atoms with Crippen LogP contribution in [-0.4, -0.2) is 82.2 Å². The average molecular weight is 584 g/mol. The molecule has 3 saturated heterocycles. The minimum atomic E-state index is -0.940. The molecule has 3 fully saturated rings. The zero-order chi connectivity index (χ0) is 29.8. The molecule has 1 atom stereocenters. The standard InChI is InChI=1S/C34H41N5O4/c1-24-28(9-12-32(35-24)36-29-10-7-27(8-11-29)33(40)41)22-37-17-13-30(14-18-37)39-31(26-5-3-2-4-6-26)23-38(34(39)42)21-25-15-19-43-20-16-25/h2-12,25,30-31H,13-23H2,1H3,(H,35,36)(H,40,41). The molecule has 0 spiro atoms. The number of aromatic nitrogens is 1. The Labute approximate surface area is 253 Å². The highest BCUT2D eigenvalue weighted by molar-refractivity contribution is 5.88. The second-order valence-corrected chi connectivity index (χ2v) is 12.0. The van der Waals surface area contributed by atoms with Crippen LogP contribution in [0.4, 0.5) is 16.3 Å². The van der Waals surface area contributed by atoms with Gasteiger partial charge in [-0.05, 0) is 80.0 Å². The first-order chi connectivity index (χ1) is 20.9. The van der Waals surface area contributed by atoms with Crippen LogP contribution in [0.25, 0.3) is 0 Å². The number of aryl methyl sites for hydroxylation is 1. The summed E-state index contributed by atoms with van der Waals surface area (Å²) >= 11 is 0. The van der Waals surface area contributed by atoms with Gasteiger partial charge in [0.05, 0.1) is 11.6 Å². The predicted molar refractivity (Wildman–Crippen MR) is 165 cm³/mol. The normalized spacial score (nSPS) is 20.5. The summed E-state index contributed by atoms with van der Waals surface area (Å²) in [6.07, 6.45) is 3.98. The van der Waals surface area contributed by atoms with E-state index in [-0.39, 0.29) is 23.7 Å². The number of aromatic carboxylic acids is 1. The van der Waals surface area contributed by atoms with Crippen molar-refractivity contribution in [2.75, 3.05) is 44.7 Å². The number of ether oxygens (including phenoxy) is 1. The van der Waals surface area contributed by atoms with E-state index in [0.29, 0.717) is 5.92 Å². The van der Waals surface area contributed by atoms with Crippen LogP contribution < -0.4 is 5.32 Å². The molecule has 9 nitrogen and oxygen atoms in total. The number of nitrogens with zero attached hydrogens (tertiary/aromatic N) is 4. The first kappa shape index (κ1) is 29.1. The summed E-state index contributed by atoms with van der Waals surface area (Å²) < 4.78 is 5.56. The minimum Gasteiger partial charge on any atom is -0.478 e. The topological polar surface area (TPSA) is 98.2 Å². The van der Waals surface area contributed by atoms with Crippen molar-refractivity contribution in [3.8, 4) is 0 Å². The lowest BCUT2D eigenvalue weighted by Crippen LogP contribution is -2.47. The number of rotatable bonds is 9. The Morgan fingerprint density at radius 2 is 1.70 bits per heavy atom. The number of likely N-dealkylation sites (tertiary alicyclic amines) is 1. The molecule has 9 heteroatoms. The van der Waals surface area contributed by atoms with Crippen molar-refractivity contribution >= 4 is 23.5 Å². The maximum Gasteiger partial charge on any atom is 0.335 e. The summed E-state index contributed by atoms with van der Waals surface area (Å²) in [7, 11) is 0. The molecule has 0 radical (unpaired) electrons. The molecule has 3 aliphatic heterocycles. The lowest BCUT2D eigenvalue weighted by molar-refractivity contribution is 0.0574. The molecule has 2 N–H and O–H groups in total. The van der Waals surface area contributed by atoms with Gasteiger partial charge in [-0.25, -0.2) is 14.6 Å². The molecule has 43 heavy (non-hydrogen) atoms. The third-order valence-electron chi connectivity index (χ3n) is 9.17. The summed E-state index contributed by atoms with van der Waals surface area (Å²) in [6, 6.07) is 21.8. The molecule has 3 aliphatic rings. The van der Waals surface area contributed by atoms with Gasteiger partial charge in [0.25, 0.3) is 0 Å². The van der Waals surface area contributed by atoms with E-state index in [1.807, 2.05) is 19.1 Å². The molecule has 2 amide bonds. The molecule has 0 bridgehead atoms. The number of carbonyl (C=O) groups excluding carboxylic acids is 1. The van der Waals surface area contributed by atoms with E-state index in [1.165, 1.54) is 11.1 Å². The number of hydrogen-bond donors (Lipinski definition) is 2. The fourth-order valence-electron chi connectivity index (χ4n) is 6.68. The van der Waals surface area contributed by atoms with Crippen LogP contribution in [0.3, 0.4) is 0 Å². The Bertz CT molecular complexity index is 1400. The van der Waals surface area contributed by atoms with Crippen molar-refractivity contribution in [1.82, 2.24) is 19.7 Å². The van der Waals surface area contributed by atoms with E-state index in [0.717, 1.165) is 88.8 Å². The molecule has 3 aromatic rings. The maximum atomic E-state index is 13.9. The predicted octanol–water partition coefficient (Wildman–Crippen LogP) is 5.70. The summed E-state index contributed by atoms with van der Waals surface area (Å²) in [5.41, 5.74) is 4.43. The number of benzene rings is 2. The van der Waals surface area contributed by atoms with Crippen molar-refractivity contribution in [3.63, 3.8) is 0 Å². The fourth-order valence-corrected chi connectivity index (χ4v) is 6.68. The highest BCUT2D eigenvalue weighted by Crippen LogP contribution is 2.36. The zero-order valence-electron chi connectivity index (χ0n) is 24.8. The largest absolute Gasteiger partial charge is 0.478 e. The van der Waals surface area contributed by atoms with Gasteiger partial charge >= 0.3 is 12.0 Å². The van der Waals surface area contributed by atoms with Gasteiger partial charge in [-0.15, -0.1) is 0 Å². The maximum absolute atomic E-state index is 13.9. The molecule has 1 aromatic heterocycles. The number of pyridine rings is 1. The van der Waals surface area contributed by atoms with Gasteiger partial charge in [0.2, 0.25) is 0 Å². The number of carboxylic acids is 1. The highest BCUT2D eigenvalue weighted by atomic mass is 16.5. The summed E-state index contributed by atoms with van der Waals surface area (Å²) in [5.74, 6) is 0.309. The van der Waals surface area contributed by atoms with Crippen LogP contribution in [0.2, 0.25) is 0 Å². The molecule has 226 valence electrons. The Hall–Kier alpha value is -3.95. The number of nitrogens with one attached hydrogen (secondary N) is 1. The molecule has 0 saturated carbocycles. The van der Waals surface area contributed by atoms with Gasteiger partial charge in [-0.1, -0.05) is 36.4 Å². The van der Waals surface area contributed by atoms with Crippen molar-refractivity contribution in [2.24, 2.45) is 5.92 Å². The van der Waals surface area contributed by atoms with E-state index in [9.17, 15) is 9.59 Å². The second-order valence-electron chi connectivity index (χ2n) is 12.0. The zero-order valence-corrected chi connectivity index (χ0v) is 24.8. The van der Waals surface area contributed by atoms with Crippen molar-refractivity contribution in [2.45, 2.75) is 51.2 Å². The van der Waals surface area contributed by atoms with Crippen LogP contribution >= 0.6 is 0 Å². The monoisotopic (exact) mass is 583 g/mol. The minimum absolute atomic E-state index is 0.0944. The van der Waals surface area contributed by atoms with Gasteiger partial charge in [-0.3, -0.25) is 4.90 Å². The molecule has 2 aromatic carbocycles. The Morgan fingerprint density at radius 1 is 0.977 bits per heavy atom. The first-order valence-electron chi connectivity index (χ1n) is 15.4. The average Bonchev–Trinajstić information content (AvgIpc) is 3.35. The van der Waals surface area contributed by atoms with E-state index in [4.69, 9.17) is 14.8 Å². The smallest absolute Gasteiger partial charge is 0.335 e. The summed E-state index contributed by atoms with van der Waals surface area (Å²) in [6.45, 7) is 7.91. The number of anilines is 2. The Balaban J connectivity index is 1.07. The van der Waals surface area contributed by atoms with Crippen molar-refractivity contribution in [3.05, 3.63) is 89.1 Å². The third-order valence-corrected chi connectivity index (χ3v) is 9.17. The van der Waals surface area contributed by atoms with Gasteiger partial charge in [-0.2, -0.15) is 0 Å². The Kier molecular flexibility index (Phi) is 8.90. The number of carboxylic acid groups (broad SMARTS) is 1. The van der Waals surface area contributed by atoms with Crippen LogP contribution in [-0.2, 0) is 11.3 Å². The van der Waals surface area contributed by atoms with Crippen LogP contribution in [0.15, 0.2) is 66.7 Å². The van der Waals surface area contributed by atoms with Gasteiger partial charge in [0.15, 0.2) is 0 Å². The lowest BCUT2D eigenvalue weighted by atomic mass is 9.98. The quantitative estimate of drug-likeness (QED) is 0.333. The summed E-state index contributed by atoms with van der Waals surface area (Å²) in [5, 5.41) is 12.4. The van der Waals surface area contributed by atoms with E-state index in [1.54, 1.807) is 24.3 Å². The number of urea groups is 1. The van der Waals surface area contributed by atoms with E-state index >= 15 is 0 Å². The SMILES string of the molecule is Cc1nc(Nc2ccc(C(=O)O)cc2)ccc1CN1CCC(N2C(=O)N(CC3CCOCC3)CC2c2ccccc2)CC1. The Morgan fingerprint density at radius 3 is 2.37 bits per heavy atom. The molecule has 0 aliphatic carbocycles. The third kappa shape index (κ3) is 6.84. The van der Waals surface area contributed by atoms with Gasteiger partial charge in [0, 0.05) is 63.4 Å². The highest BCUT2D eigenvalue weighted by Gasteiger charge is 2.43. The fraction of sp³-hybridized carbons (Fsp3) is 0.441. The number of carbonyl (C=O) groups is 2. The van der Waals surface area contributed by atoms with Crippen LogP contribution in [0.1, 0.15) is 58.9 Å². The van der Waals surface area contributed by atoms with Crippen molar-refractivity contribution < 1.29 is 19.4 Å². The molecular weight excluding hydrogens is 542 g/mol. The molecule has 4 heterocycles. The molecule has 1 unspecified atom stereocenters. The van der Waals surface area contributed by atoms with Crippen molar-refractivity contribution in [1.29, 1.82) is 0 Å². The second kappa shape index (κ2) is 13.1. The van der Waals surface area contributed by atoms with E-state index < -0.39 is 5.97 Å². The number of piperidine rings is 1. The number of amides is 2. The van der Waals surface area contributed by atoms with Gasteiger partial charge < -0.3 is 25.0 Å². The molecular formula is C34H41N5O4. The van der Waals surface area contributed by atoms with Crippen LogP contribution in [0.5, 0.6) is 0 Å². The van der Waals surface area contributed by atoms with Crippen LogP contribution in [0, 0.1) is 12.8 Å². The molecule has 6 rings (SSSR count). The summed E-state index contributed by atoms with van der Waals surface area (Å²) in [4.78, 5) is 36.5. The number of hydrogen-bond acceptors (Lipinski definition) is 6. The first-order valence-corrected chi connectivity index (χ1v) is 15.4.